The van der Waals surface area contributed by atoms with Crippen LogP contribution in [0.2, 0.25) is 0 Å². The van der Waals surface area contributed by atoms with Crippen LogP contribution in [0.1, 0.15) is 32.9 Å². The summed E-state index contributed by atoms with van der Waals surface area (Å²) in [5.74, 6) is -0.00723. The number of rotatable bonds is 4. The van der Waals surface area contributed by atoms with E-state index >= 15 is 0 Å². The van der Waals surface area contributed by atoms with Gasteiger partial charge >= 0.3 is 5.97 Å². The van der Waals surface area contributed by atoms with Crippen LogP contribution < -0.4 is 0 Å². The number of esters is 1. The van der Waals surface area contributed by atoms with Crippen molar-refractivity contribution in [2.45, 2.75) is 12.8 Å². The molecule has 0 spiro atoms. The molecule has 3 heterocycles. The molecule has 1 saturated heterocycles. The van der Waals surface area contributed by atoms with Gasteiger partial charge in [-0.1, -0.05) is 23.4 Å². The molecule has 0 radical (unpaired) electrons. The average molecular weight is 365 g/mol. The molecule has 1 fully saturated rings. The number of likely N-dealkylation sites (tertiary alicyclic amines) is 1. The number of ether oxygens (including phenoxy) is 1. The number of amides is 1. The third kappa shape index (κ3) is 3.28. The minimum absolute atomic E-state index is 0.172. The number of hydrogen-bond donors (Lipinski definition) is 0. The molecule has 3 aromatic rings. The molecule has 1 aliphatic heterocycles. The first-order valence-electron chi connectivity index (χ1n) is 8.83. The van der Waals surface area contributed by atoms with Crippen LogP contribution in [0.15, 0.2) is 47.1 Å². The Morgan fingerprint density at radius 2 is 2.11 bits per heavy atom. The van der Waals surface area contributed by atoms with E-state index in [1.54, 1.807) is 29.3 Å². The zero-order chi connectivity index (χ0) is 18.8. The molecule has 1 aromatic carbocycles. The Labute approximate surface area is 155 Å². The molecular formula is C20H19N3O4. The van der Waals surface area contributed by atoms with Gasteiger partial charge in [0, 0.05) is 19.3 Å². The number of nitrogens with zero attached hydrogens (tertiary/aromatic N) is 3. The van der Waals surface area contributed by atoms with Gasteiger partial charge in [0.25, 0.3) is 5.91 Å². The van der Waals surface area contributed by atoms with E-state index in [1.807, 2.05) is 18.2 Å². The highest BCUT2D eigenvalue weighted by atomic mass is 16.5. The number of fused-ring (bicyclic) bond motifs is 1. The molecule has 2 aromatic heterocycles. The van der Waals surface area contributed by atoms with Gasteiger partial charge in [-0.15, -0.1) is 0 Å². The maximum Gasteiger partial charge on any atom is 0.338 e. The number of aromatic nitrogens is 2. The van der Waals surface area contributed by atoms with Crippen molar-refractivity contribution in [2.24, 2.45) is 5.92 Å². The molecule has 1 amide bonds. The van der Waals surface area contributed by atoms with E-state index in [0.29, 0.717) is 36.1 Å². The summed E-state index contributed by atoms with van der Waals surface area (Å²) < 4.78 is 10.1. The quantitative estimate of drug-likeness (QED) is 0.661. The maximum absolute atomic E-state index is 12.8. The third-order valence-electron chi connectivity index (χ3n) is 4.95. The summed E-state index contributed by atoms with van der Waals surface area (Å²) in [7, 11) is 1.38. The summed E-state index contributed by atoms with van der Waals surface area (Å²) >= 11 is 0. The highest BCUT2D eigenvalue weighted by Gasteiger charge is 2.31. The lowest BCUT2D eigenvalue weighted by atomic mass is 9.95. The molecule has 138 valence electrons. The minimum Gasteiger partial charge on any atom is -0.465 e. The zero-order valence-corrected chi connectivity index (χ0v) is 14.9. The van der Waals surface area contributed by atoms with Crippen LogP contribution in [-0.4, -0.2) is 47.1 Å². The van der Waals surface area contributed by atoms with Crippen molar-refractivity contribution < 1.29 is 18.8 Å². The smallest absolute Gasteiger partial charge is 0.338 e. The fourth-order valence-electron chi connectivity index (χ4n) is 3.58. The van der Waals surface area contributed by atoms with Crippen molar-refractivity contribution in [2.75, 3.05) is 20.2 Å². The summed E-state index contributed by atoms with van der Waals surface area (Å²) in [6.45, 7) is 1.25. The molecule has 0 saturated carbocycles. The Morgan fingerprint density at radius 3 is 2.96 bits per heavy atom. The molecule has 0 bridgehead atoms. The second-order valence-corrected chi connectivity index (χ2v) is 6.64. The Morgan fingerprint density at radius 1 is 1.26 bits per heavy atom. The lowest BCUT2D eigenvalue weighted by Crippen LogP contribution is -2.28. The van der Waals surface area contributed by atoms with Crippen molar-refractivity contribution in [3.05, 3.63) is 59.5 Å². The van der Waals surface area contributed by atoms with E-state index in [4.69, 9.17) is 9.26 Å². The fraction of sp³-hybridized carbons (Fsp3) is 0.300. The summed E-state index contributed by atoms with van der Waals surface area (Å²) in [5.41, 5.74) is 1.96. The third-order valence-corrected chi connectivity index (χ3v) is 4.95. The Bertz CT molecular complexity index is 998. The molecule has 0 N–H and O–H groups in total. The lowest BCUT2D eigenvalue weighted by Gasteiger charge is -2.16. The van der Waals surface area contributed by atoms with Crippen molar-refractivity contribution in [3.63, 3.8) is 0 Å². The molecule has 27 heavy (non-hydrogen) atoms. The van der Waals surface area contributed by atoms with E-state index in [-0.39, 0.29) is 23.6 Å². The molecule has 4 rings (SSSR count). The van der Waals surface area contributed by atoms with Gasteiger partial charge in [0.05, 0.1) is 18.1 Å². The summed E-state index contributed by atoms with van der Waals surface area (Å²) in [6.07, 6.45) is 3.20. The highest BCUT2D eigenvalue weighted by molar-refractivity contribution is 6.02. The maximum atomic E-state index is 12.8. The normalized spacial score (nSPS) is 16.6. The standard InChI is InChI=1S/C20H19N3O4/c1-26-20(25)15-6-3-2-5-14(15)11-13-8-10-23(12-13)19(24)17-16-7-4-9-21-18(16)22-27-17/h2-7,9,13H,8,10-12H2,1H3. The van der Waals surface area contributed by atoms with Crippen molar-refractivity contribution >= 4 is 22.9 Å². The number of hydrogen-bond acceptors (Lipinski definition) is 6. The number of carbonyl (C=O) groups excluding carboxylic acids is 2. The summed E-state index contributed by atoms with van der Waals surface area (Å²) in [5, 5.41) is 4.48. The highest BCUT2D eigenvalue weighted by Crippen LogP contribution is 2.26. The second kappa shape index (κ2) is 7.19. The van der Waals surface area contributed by atoms with Gasteiger partial charge in [-0.3, -0.25) is 4.79 Å². The Balaban J connectivity index is 1.48. The summed E-state index contributed by atoms with van der Waals surface area (Å²) in [6, 6.07) is 11.0. The van der Waals surface area contributed by atoms with Crippen LogP contribution in [0.3, 0.4) is 0 Å². The number of pyridine rings is 1. The van der Waals surface area contributed by atoms with E-state index < -0.39 is 0 Å². The molecule has 1 unspecified atom stereocenters. The topological polar surface area (TPSA) is 85.5 Å². The van der Waals surface area contributed by atoms with Gasteiger partial charge in [0.2, 0.25) is 11.4 Å². The van der Waals surface area contributed by atoms with Gasteiger partial charge < -0.3 is 14.2 Å². The first-order valence-corrected chi connectivity index (χ1v) is 8.83. The number of benzene rings is 1. The zero-order valence-electron chi connectivity index (χ0n) is 14.9. The van der Waals surface area contributed by atoms with Gasteiger partial charge in [-0.2, -0.15) is 0 Å². The van der Waals surface area contributed by atoms with Crippen LogP contribution in [-0.2, 0) is 11.2 Å². The number of carbonyl (C=O) groups is 2. The molecule has 1 aliphatic rings. The van der Waals surface area contributed by atoms with Gasteiger partial charge in [-0.05, 0) is 42.5 Å². The first kappa shape index (κ1) is 17.2. The van der Waals surface area contributed by atoms with E-state index in [1.165, 1.54) is 7.11 Å². The van der Waals surface area contributed by atoms with Crippen LogP contribution in [0.25, 0.3) is 11.0 Å². The van der Waals surface area contributed by atoms with Gasteiger partial charge in [-0.25, -0.2) is 9.78 Å². The van der Waals surface area contributed by atoms with Gasteiger partial charge in [0.1, 0.15) is 0 Å². The van der Waals surface area contributed by atoms with Crippen LogP contribution in [0, 0.1) is 5.92 Å². The molecule has 7 heteroatoms. The predicted octanol–water partition coefficient (Wildman–Crippen LogP) is 2.71. The van der Waals surface area contributed by atoms with Crippen molar-refractivity contribution in [1.82, 2.24) is 15.0 Å². The van der Waals surface area contributed by atoms with Crippen molar-refractivity contribution in [1.29, 1.82) is 0 Å². The van der Waals surface area contributed by atoms with Gasteiger partial charge in [0.15, 0.2) is 0 Å². The largest absolute Gasteiger partial charge is 0.465 e. The molecule has 1 atom stereocenters. The molecular weight excluding hydrogens is 346 g/mol. The Hall–Kier alpha value is -3.22. The van der Waals surface area contributed by atoms with Crippen LogP contribution >= 0.6 is 0 Å². The lowest BCUT2D eigenvalue weighted by molar-refractivity contribution is 0.0598. The monoisotopic (exact) mass is 365 g/mol. The summed E-state index contributed by atoms with van der Waals surface area (Å²) in [4.78, 5) is 30.7. The first-order chi connectivity index (χ1) is 13.2. The van der Waals surface area contributed by atoms with E-state index in [9.17, 15) is 9.59 Å². The van der Waals surface area contributed by atoms with E-state index in [2.05, 4.69) is 10.1 Å². The van der Waals surface area contributed by atoms with E-state index in [0.717, 1.165) is 12.0 Å². The van der Waals surface area contributed by atoms with Crippen molar-refractivity contribution in [3.8, 4) is 0 Å². The average Bonchev–Trinajstić information content (AvgIpc) is 3.34. The molecule has 7 nitrogen and oxygen atoms in total. The van der Waals surface area contributed by atoms with Crippen LogP contribution in [0.4, 0.5) is 0 Å². The van der Waals surface area contributed by atoms with Crippen LogP contribution in [0.5, 0.6) is 0 Å². The fourth-order valence-corrected chi connectivity index (χ4v) is 3.58. The number of methoxy groups -OCH3 is 1. The molecule has 0 aliphatic carbocycles. The Kier molecular flexibility index (Phi) is 4.58. The SMILES string of the molecule is COC(=O)c1ccccc1CC1CCN(C(=O)c2onc3ncccc23)C1. The second-order valence-electron chi connectivity index (χ2n) is 6.64. The predicted molar refractivity (Wildman–Crippen MR) is 97.3 cm³/mol. The minimum atomic E-state index is -0.336.